The van der Waals surface area contributed by atoms with Crippen molar-refractivity contribution in [2.24, 2.45) is 0 Å². The molecule has 1 aliphatic rings. The minimum absolute atomic E-state index is 0.00301. The lowest BCUT2D eigenvalue weighted by molar-refractivity contribution is -0.113. The summed E-state index contributed by atoms with van der Waals surface area (Å²) < 4.78 is 4.83. The zero-order chi connectivity index (χ0) is 14.0. The Bertz CT molecular complexity index is 569. The van der Waals surface area contributed by atoms with Crippen molar-refractivity contribution in [3.63, 3.8) is 0 Å². The van der Waals surface area contributed by atoms with Crippen LogP contribution in [0.1, 0.15) is 27.6 Å². The van der Waals surface area contributed by atoms with Crippen molar-refractivity contribution in [1.29, 1.82) is 0 Å². The van der Waals surface area contributed by atoms with Gasteiger partial charge < -0.3 is 15.2 Å². The number of nitrogens with one attached hydrogen (secondary N) is 1. The van der Waals surface area contributed by atoms with Gasteiger partial charge in [-0.1, -0.05) is 0 Å². The highest BCUT2D eigenvalue weighted by molar-refractivity contribution is 8.00. The molecule has 2 N–H and O–H groups in total. The Morgan fingerprint density at radius 1 is 1.42 bits per heavy atom. The molecule has 0 radical (unpaired) electrons. The number of carbonyl (C=O) groups is 3. The first-order chi connectivity index (χ1) is 9.02. The molecule has 0 aromatic heterocycles. The van der Waals surface area contributed by atoms with Crippen LogP contribution in [-0.2, 0) is 9.53 Å². The summed E-state index contributed by atoms with van der Waals surface area (Å²) in [6.07, 6.45) is 0. The number of esters is 1. The molecule has 0 spiro atoms. The van der Waals surface area contributed by atoms with Crippen LogP contribution >= 0.6 is 11.8 Å². The monoisotopic (exact) mass is 281 g/mol. The summed E-state index contributed by atoms with van der Waals surface area (Å²) in [5, 5.41) is 11.7. The number of carboxylic acids is 1. The minimum Gasteiger partial charge on any atom is -0.478 e. The average Bonchev–Trinajstić information content (AvgIpc) is 2.37. The van der Waals surface area contributed by atoms with Crippen molar-refractivity contribution in [3.8, 4) is 0 Å². The Kier molecular flexibility index (Phi) is 3.75. The first kappa shape index (κ1) is 13.4. The van der Waals surface area contributed by atoms with E-state index in [1.165, 1.54) is 23.9 Å². The van der Waals surface area contributed by atoms with Gasteiger partial charge in [0.25, 0.3) is 0 Å². The number of benzene rings is 1. The third-order valence-corrected chi connectivity index (χ3v) is 3.53. The maximum atomic E-state index is 11.7. The molecule has 0 saturated heterocycles. The van der Waals surface area contributed by atoms with Crippen LogP contribution in [0, 0.1) is 0 Å². The fourth-order valence-corrected chi connectivity index (χ4v) is 2.51. The number of anilines is 1. The van der Waals surface area contributed by atoms with Gasteiger partial charge in [0.05, 0.1) is 29.2 Å². The zero-order valence-electron chi connectivity index (χ0n) is 10.1. The molecule has 1 aromatic carbocycles. The van der Waals surface area contributed by atoms with E-state index in [1.54, 1.807) is 6.92 Å². The Morgan fingerprint density at radius 2 is 2.16 bits per heavy atom. The molecule has 0 bridgehead atoms. The predicted molar refractivity (Wildman–Crippen MR) is 68.7 cm³/mol. The number of carbonyl (C=O) groups excluding carboxylic acids is 2. The van der Waals surface area contributed by atoms with Gasteiger partial charge in [-0.3, -0.25) is 4.79 Å². The van der Waals surface area contributed by atoms with Crippen LogP contribution in [0.5, 0.6) is 0 Å². The molecule has 0 fully saturated rings. The summed E-state index contributed by atoms with van der Waals surface area (Å²) in [7, 11) is 0. The highest BCUT2D eigenvalue weighted by atomic mass is 32.2. The molecule has 100 valence electrons. The Balaban J connectivity index is 2.50. The first-order valence-electron chi connectivity index (χ1n) is 5.54. The van der Waals surface area contributed by atoms with Gasteiger partial charge >= 0.3 is 11.9 Å². The van der Waals surface area contributed by atoms with Gasteiger partial charge in [0.2, 0.25) is 5.91 Å². The maximum Gasteiger partial charge on any atom is 0.339 e. The number of hydrogen-bond acceptors (Lipinski definition) is 5. The maximum absolute atomic E-state index is 11.7. The molecular formula is C12H11NO5S. The predicted octanol–water partition coefficient (Wildman–Crippen LogP) is 1.61. The van der Waals surface area contributed by atoms with E-state index in [2.05, 4.69) is 5.32 Å². The van der Waals surface area contributed by atoms with E-state index in [9.17, 15) is 14.4 Å². The molecular weight excluding hydrogens is 270 g/mol. The Morgan fingerprint density at radius 3 is 2.79 bits per heavy atom. The molecule has 1 heterocycles. The van der Waals surface area contributed by atoms with Crippen molar-refractivity contribution in [2.75, 3.05) is 17.7 Å². The summed E-state index contributed by atoms with van der Waals surface area (Å²) in [5.74, 6) is -1.88. The SMILES string of the molecule is CCOC(=O)c1cc2c(cc1C(=O)O)NC(=O)CS2. The van der Waals surface area contributed by atoms with Crippen LogP contribution in [0.4, 0.5) is 5.69 Å². The van der Waals surface area contributed by atoms with E-state index < -0.39 is 11.9 Å². The van der Waals surface area contributed by atoms with Gasteiger partial charge in [0, 0.05) is 4.90 Å². The summed E-state index contributed by atoms with van der Waals surface area (Å²) in [5.41, 5.74) is 0.225. The highest BCUT2D eigenvalue weighted by Crippen LogP contribution is 2.34. The number of rotatable bonds is 3. The second-order valence-electron chi connectivity index (χ2n) is 3.76. The van der Waals surface area contributed by atoms with Crippen LogP contribution in [0.15, 0.2) is 17.0 Å². The number of fused-ring (bicyclic) bond motifs is 1. The van der Waals surface area contributed by atoms with Gasteiger partial charge in [-0.15, -0.1) is 11.8 Å². The van der Waals surface area contributed by atoms with Crippen LogP contribution in [0.25, 0.3) is 0 Å². The van der Waals surface area contributed by atoms with E-state index >= 15 is 0 Å². The van der Waals surface area contributed by atoms with Gasteiger partial charge in [-0.25, -0.2) is 9.59 Å². The number of carboxylic acid groups (broad SMARTS) is 1. The lowest BCUT2D eigenvalue weighted by Crippen LogP contribution is -2.20. The van der Waals surface area contributed by atoms with Crippen molar-refractivity contribution in [1.82, 2.24) is 0 Å². The molecule has 2 rings (SSSR count). The van der Waals surface area contributed by atoms with Crippen LogP contribution in [0.3, 0.4) is 0 Å². The molecule has 0 unspecified atom stereocenters. The van der Waals surface area contributed by atoms with Gasteiger partial charge in [-0.05, 0) is 19.1 Å². The summed E-state index contributed by atoms with van der Waals surface area (Å²) >= 11 is 1.25. The number of thioether (sulfide) groups is 1. The Labute approximate surface area is 113 Å². The van der Waals surface area contributed by atoms with E-state index in [4.69, 9.17) is 9.84 Å². The van der Waals surface area contributed by atoms with Crippen LogP contribution < -0.4 is 5.32 Å². The quantitative estimate of drug-likeness (QED) is 0.818. The van der Waals surface area contributed by atoms with E-state index in [1.807, 2.05) is 0 Å². The Hall–Kier alpha value is -2.02. The van der Waals surface area contributed by atoms with Gasteiger partial charge in [0.1, 0.15) is 0 Å². The number of amides is 1. The fraction of sp³-hybridized carbons (Fsp3) is 0.250. The van der Waals surface area contributed by atoms with Crippen LogP contribution in [-0.4, -0.2) is 35.3 Å². The topological polar surface area (TPSA) is 92.7 Å². The standard InChI is InChI=1S/C12H11NO5S/c1-2-18-12(17)7-4-9-8(3-6(7)11(15)16)13-10(14)5-19-9/h3-4H,2,5H2,1H3,(H,13,14)(H,15,16). The lowest BCUT2D eigenvalue weighted by atomic mass is 10.1. The third kappa shape index (κ3) is 2.70. The van der Waals surface area contributed by atoms with Crippen molar-refractivity contribution in [2.45, 2.75) is 11.8 Å². The van der Waals surface area contributed by atoms with E-state index in [0.29, 0.717) is 10.6 Å². The molecule has 0 atom stereocenters. The molecule has 0 aliphatic carbocycles. The van der Waals surface area contributed by atoms with Gasteiger partial charge in [0.15, 0.2) is 0 Å². The number of hydrogen-bond donors (Lipinski definition) is 2. The molecule has 6 nitrogen and oxygen atoms in total. The van der Waals surface area contributed by atoms with Crippen LogP contribution in [0.2, 0.25) is 0 Å². The molecule has 19 heavy (non-hydrogen) atoms. The summed E-state index contributed by atoms with van der Waals surface area (Å²) in [4.78, 5) is 34.8. The van der Waals surface area contributed by atoms with Crippen molar-refractivity contribution >= 4 is 35.3 Å². The molecule has 7 heteroatoms. The summed E-state index contributed by atoms with van der Waals surface area (Å²) in [6, 6.07) is 2.73. The summed E-state index contributed by atoms with van der Waals surface area (Å²) in [6.45, 7) is 1.81. The number of aromatic carboxylic acids is 1. The second-order valence-corrected chi connectivity index (χ2v) is 4.77. The smallest absolute Gasteiger partial charge is 0.339 e. The van der Waals surface area contributed by atoms with E-state index in [0.717, 1.165) is 0 Å². The highest BCUT2D eigenvalue weighted by Gasteiger charge is 2.24. The largest absolute Gasteiger partial charge is 0.478 e. The van der Waals surface area contributed by atoms with Gasteiger partial charge in [-0.2, -0.15) is 0 Å². The molecule has 1 aromatic rings. The normalized spacial score (nSPS) is 13.4. The third-order valence-electron chi connectivity index (χ3n) is 2.48. The molecule has 0 saturated carbocycles. The molecule has 1 aliphatic heterocycles. The van der Waals surface area contributed by atoms with Crippen molar-refractivity contribution in [3.05, 3.63) is 23.3 Å². The fourth-order valence-electron chi connectivity index (χ4n) is 1.68. The minimum atomic E-state index is -1.24. The number of ether oxygens (including phenoxy) is 1. The average molecular weight is 281 g/mol. The van der Waals surface area contributed by atoms with Crippen molar-refractivity contribution < 1.29 is 24.2 Å². The second kappa shape index (κ2) is 5.31. The zero-order valence-corrected chi connectivity index (χ0v) is 10.9. The molecule has 1 amide bonds. The lowest BCUT2D eigenvalue weighted by Gasteiger charge is -2.18. The van der Waals surface area contributed by atoms with E-state index in [-0.39, 0.29) is 29.4 Å². The first-order valence-corrected chi connectivity index (χ1v) is 6.52.